The highest BCUT2D eigenvalue weighted by molar-refractivity contribution is 5.52. The van der Waals surface area contributed by atoms with Crippen molar-refractivity contribution in [2.24, 2.45) is 0 Å². The summed E-state index contributed by atoms with van der Waals surface area (Å²) in [6.45, 7) is 6.17. The van der Waals surface area contributed by atoms with Crippen molar-refractivity contribution in [3.05, 3.63) is 54.4 Å². The zero-order valence-corrected chi connectivity index (χ0v) is 12.7. The monoisotopic (exact) mass is 293 g/mol. The van der Waals surface area contributed by atoms with Crippen molar-refractivity contribution in [1.82, 2.24) is 14.6 Å². The van der Waals surface area contributed by atoms with Crippen molar-refractivity contribution in [2.75, 3.05) is 36.0 Å². The van der Waals surface area contributed by atoms with Gasteiger partial charge in [-0.25, -0.2) is 9.50 Å². The smallest absolute Gasteiger partial charge is 0.157 e. The standard InChI is InChI=1S/C17H19N5/c1-14-3-2-4-15(13-14)20-9-11-21(12-10-20)16-6-8-22-17(19-16)5-7-18-22/h2-8,13H,9-12H2,1H3. The zero-order chi connectivity index (χ0) is 14.9. The van der Waals surface area contributed by atoms with E-state index < -0.39 is 0 Å². The lowest BCUT2D eigenvalue weighted by Crippen LogP contribution is -2.46. The number of hydrogen-bond donors (Lipinski definition) is 0. The molecule has 0 radical (unpaired) electrons. The Hall–Kier alpha value is -2.56. The maximum Gasteiger partial charge on any atom is 0.157 e. The summed E-state index contributed by atoms with van der Waals surface area (Å²) in [4.78, 5) is 9.47. The van der Waals surface area contributed by atoms with Crippen LogP contribution in [-0.4, -0.2) is 40.8 Å². The quantitative estimate of drug-likeness (QED) is 0.727. The summed E-state index contributed by atoms with van der Waals surface area (Å²) in [6.07, 6.45) is 3.76. The van der Waals surface area contributed by atoms with Gasteiger partial charge in [0.2, 0.25) is 0 Å². The van der Waals surface area contributed by atoms with Crippen molar-refractivity contribution in [1.29, 1.82) is 0 Å². The van der Waals surface area contributed by atoms with Gasteiger partial charge in [0.15, 0.2) is 5.65 Å². The first kappa shape index (κ1) is 13.1. The summed E-state index contributed by atoms with van der Waals surface area (Å²) in [7, 11) is 0. The number of aryl methyl sites for hydroxylation is 1. The summed E-state index contributed by atoms with van der Waals surface area (Å²) in [5.74, 6) is 1.04. The lowest BCUT2D eigenvalue weighted by atomic mass is 10.2. The van der Waals surface area contributed by atoms with Crippen LogP contribution in [0.4, 0.5) is 11.5 Å². The van der Waals surface area contributed by atoms with E-state index in [0.29, 0.717) is 0 Å². The van der Waals surface area contributed by atoms with Gasteiger partial charge in [0.1, 0.15) is 5.82 Å². The summed E-state index contributed by atoms with van der Waals surface area (Å²) in [5.41, 5.74) is 3.53. The summed E-state index contributed by atoms with van der Waals surface area (Å²) >= 11 is 0. The molecule has 0 amide bonds. The SMILES string of the molecule is Cc1cccc(N2CCN(c3ccn4nccc4n3)CC2)c1. The van der Waals surface area contributed by atoms with Gasteiger partial charge in [-0.15, -0.1) is 0 Å². The summed E-state index contributed by atoms with van der Waals surface area (Å²) < 4.78 is 1.80. The van der Waals surface area contributed by atoms with E-state index in [2.05, 4.69) is 51.1 Å². The minimum atomic E-state index is 0.901. The number of benzene rings is 1. The number of nitrogens with zero attached hydrogens (tertiary/aromatic N) is 5. The van der Waals surface area contributed by atoms with Gasteiger partial charge in [-0.2, -0.15) is 5.10 Å². The predicted octanol–water partition coefficient (Wildman–Crippen LogP) is 2.36. The third kappa shape index (κ3) is 2.39. The van der Waals surface area contributed by atoms with E-state index in [9.17, 15) is 0 Å². The second-order valence-electron chi connectivity index (χ2n) is 5.73. The molecule has 3 aromatic rings. The molecule has 1 aliphatic rings. The van der Waals surface area contributed by atoms with Crippen LogP contribution in [0.25, 0.3) is 5.65 Å². The highest BCUT2D eigenvalue weighted by Gasteiger charge is 2.18. The fourth-order valence-electron chi connectivity index (χ4n) is 3.00. The van der Waals surface area contributed by atoms with E-state index in [0.717, 1.165) is 37.6 Å². The molecule has 112 valence electrons. The van der Waals surface area contributed by atoms with E-state index in [4.69, 9.17) is 0 Å². The molecule has 2 aromatic heterocycles. The van der Waals surface area contributed by atoms with E-state index in [1.165, 1.54) is 11.3 Å². The second kappa shape index (κ2) is 5.33. The maximum atomic E-state index is 4.68. The molecule has 5 nitrogen and oxygen atoms in total. The fraction of sp³-hybridized carbons (Fsp3) is 0.294. The first-order chi connectivity index (χ1) is 10.8. The Morgan fingerprint density at radius 1 is 0.955 bits per heavy atom. The van der Waals surface area contributed by atoms with Crippen LogP contribution in [-0.2, 0) is 0 Å². The molecule has 22 heavy (non-hydrogen) atoms. The number of piperazine rings is 1. The number of anilines is 2. The summed E-state index contributed by atoms with van der Waals surface area (Å²) in [6, 6.07) is 12.7. The lowest BCUT2D eigenvalue weighted by molar-refractivity contribution is 0.647. The van der Waals surface area contributed by atoms with Gasteiger partial charge < -0.3 is 9.80 Å². The molecular weight excluding hydrogens is 274 g/mol. The van der Waals surface area contributed by atoms with Crippen molar-refractivity contribution >= 4 is 17.2 Å². The van der Waals surface area contributed by atoms with Crippen molar-refractivity contribution in [3.8, 4) is 0 Å². The van der Waals surface area contributed by atoms with Crippen LogP contribution >= 0.6 is 0 Å². The van der Waals surface area contributed by atoms with Crippen LogP contribution < -0.4 is 9.80 Å². The third-order valence-electron chi connectivity index (χ3n) is 4.21. The molecule has 3 heterocycles. The number of fused-ring (bicyclic) bond motifs is 1. The van der Waals surface area contributed by atoms with E-state index >= 15 is 0 Å². The zero-order valence-electron chi connectivity index (χ0n) is 12.7. The van der Waals surface area contributed by atoms with Crippen LogP contribution in [0.1, 0.15) is 5.56 Å². The van der Waals surface area contributed by atoms with E-state index in [1.54, 1.807) is 10.7 Å². The average Bonchev–Trinajstić information content (AvgIpc) is 3.02. The number of aromatic nitrogens is 3. The largest absolute Gasteiger partial charge is 0.368 e. The van der Waals surface area contributed by atoms with E-state index in [-0.39, 0.29) is 0 Å². The van der Waals surface area contributed by atoms with Gasteiger partial charge in [-0.05, 0) is 30.7 Å². The minimum absolute atomic E-state index is 0.901. The molecule has 0 N–H and O–H groups in total. The molecule has 0 unspecified atom stereocenters. The van der Waals surface area contributed by atoms with Crippen LogP contribution in [0.15, 0.2) is 48.8 Å². The average molecular weight is 293 g/mol. The molecule has 4 rings (SSSR count). The van der Waals surface area contributed by atoms with E-state index in [1.807, 2.05) is 18.3 Å². The van der Waals surface area contributed by atoms with Crippen LogP contribution in [0.2, 0.25) is 0 Å². The Bertz CT molecular complexity index is 786. The first-order valence-corrected chi connectivity index (χ1v) is 7.66. The van der Waals surface area contributed by atoms with Crippen LogP contribution in [0, 0.1) is 6.92 Å². The van der Waals surface area contributed by atoms with Gasteiger partial charge in [0.05, 0.1) is 6.20 Å². The first-order valence-electron chi connectivity index (χ1n) is 7.66. The molecule has 0 spiro atoms. The Kier molecular flexibility index (Phi) is 3.18. The molecule has 1 aliphatic heterocycles. The van der Waals surface area contributed by atoms with Gasteiger partial charge in [0.25, 0.3) is 0 Å². The molecule has 1 saturated heterocycles. The second-order valence-corrected chi connectivity index (χ2v) is 5.73. The van der Waals surface area contributed by atoms with Gasteiger partial charge >= 0.3 is 0 Å². The highest BCUT2D eigenvalue weighted by Crippen LogP contribution is 2.20. The number of hydrogen-bond acceptors (Lipinski definition) is 4. The highest BCUT2D eigenvalue weighted by atomic mass is 15.3. The molecular formula is C17H19N5. The third-order valence-corrected chi connectivity index (χ3v) is 4.21. The minimum Gasteiger partial charge on any atom is -0.368 e. The van der Waals surface area contributed by atoms with Crippen molar-refractivity contribution in [3.63, 3.8) is 0 Å². The molecule has 5 heteroatoms. The van der Waals surface area contributed by atoms with Crippen LogP contribution in [0.3, 0.4) is 0 Å². The lowest BCUT2D eigenvalue weighted by Gasteiger charge is -2.36. The Morgan fingerprint density at radius 2 is 1.77 bits per heavy atom. The van der Waals surface area contributed by atoms with Crippen molar-refractivity contribution < 1.29 is 0 Å². The summed E-state index contributed by atoms with van der Waals surface area (Å²) in [5, 5.41) is 4.19. The van der Waals surface area contributed by atoms with Crippen molar-refractivity contribution in [2.45, 2.75) is 6.92 Å². The maximum absolute atomic E-state index is 4.68. The Balaban J connectivity index is 1.49. The molecule has 0 bridgehead atoms. The molecule has 0 saturated carbocycles. The molecule has 0 aliphatic carbocycles. The molecule has 0 atom stereocenters. The molecule has 1 fully saturated rings. The predicted molar refractivity (Wildman–Crippen MR) is 88.6 cm³/mol. The number of rotatable bonds is 2. The van der Waals surface area contributed by atoms with Gasteiger partial charge in [-0.3, -0.25) is 0 Å². The topological polar surface area (TPSA) is 36.7 Å². The fourth-order valence-corrected chi connectivity index (χ4v) is 3.00. The van der Waals surface area contributed by atoms with Crippen LogP contribution in [0.5, 0.6) is 0 Å². The van der Waals surface area contributed by atoms with Gasteiger partial charge in [0, 0.05) is 44.1 Å². The Morgan fingerprint density at radius 3 is 2.59 bits per heavy atom. The Labute approximate surface area is 129 Å². The normalized spacial score (nSPS) is 15.5. The van der Waals surface area contributed by atoms with Gasteiger partial charge in [-0.1, -0.05) is 12.1 Å². The molecule has 1 aromatic carbocycles.